The number of aromatic nitrogens is 2. The molecule has 6 heteroatoms. The smallest absolute Gasteiger partial charge is 0.101 e. The number of ether oxygens (including phenoxy) is 1. The Hall–Kier alpha value is -0.690. The van der Waals surface area contributed by atoms with E-state index in [0.29, 0.717) is 6.04 Å². The van der Waals surface area contributed by atoms with Gasteiger partial charge in [-0.3, -0.25) is 4.68 Å². The second-order valence-corrected chi connectivity index (χ2v) is 7.19. The molecule has 0 saturated carbocycles. The van der Waals surface area contributed by atoms with E-state index in [4.69, 9.17) is 4.74 Å². The van der Waals surface area contributed by atoms with Crippen molar-refractivity contribution in [3.8, 4) is 0 Å². The third kappa shape index (κ3) is 3.74. The van der Waals surface area contributed by atoms with Crippen LogP contribution in [0.2, 0.25) is 0 Å². The predicted octanol–water partition coefficient (Wildman–Crippen LogP) is 3.74. The number of hydrogen-bond acceptors (Lipinski definition) is 4. The van der Waals surface area contributed by atoms with Crippen LogP contribution in [-0.4, -0.2) is 22.4 Å². The summed E-state index contributed by atoms with van der Waals surface area (Å²) in [6, 6.07) is 2.53. The minimum Gasteiger partial charge on any atom is -0.372 e. The Balaban J connectivity index is 1.66. The van der Waals surface area contributed by atoms with Crippen molar-refractivity contribution in [2.75, 3.05) is 6.61 Å². The van der Waals surface area contributed by atoms with Gasteiger partial charge in [-0.1, -0.05) is 0 Å². The molecule has 0 spiro atoms. The zero-order chi connectivity index (χ0) is 14.7. The molecular formula is C15H20BrN3OS. The van der Waals surface area contributed by atoms with Crippen molar-refractivity contribution in [2.24, 2.45) is 0 Å². The molecule has 21 heavy (non-hydrogen) atoms. The normalized spacial score (nSPS) is 22.6. The number of nitrogens with zero attached hydrogens (tertiary/aromatic N) is 2. The molecule has 2 aromatic heterocycles. The zero-order valence-electron chi connectivity index (χ0n) is 12.1. The Labute approximate surface area is 137 Å². The van der Waals surface area contributed by atoms with Crippen molar-refractivity contribution in [3.63, 3.8) is 0 Å². The van der Waals surface area contributed by atoms with Crippen LogP contribution < -0.4 is 5.32 Å². The average molecular weight is 370 g/mol. The zero-order valence-corrected chi connectivity index (χ0v) is 14.5. The van der Waals surface area contributed by atoms with Crippen molar-refractivity contribution < 1.29 is 4.74 Å². The minimum atomic E-state index is 0.113. The molecule has 1 aliphatic heterocycles. The van der Waals surface area contributed by atoms with E-state index in [-0.39, 0.29) is 6.10 Å². The van der Waals surface area contributed by atoms with Crippen molar-refractivity contribution in [2.45, 2.75) is 45.0 Å². The molecule has 1 saturated heterocycles. The van der Waals surface area contributed by atoms with Gasteiger partial charge in [0, 0.05) is 52.2 Å². The number of halogens is 1. The first kappa shape index (κ1) is 15.2. The molecule has 0 radical (unpaired) electrons. The summed E-state index contributed by atoms with van der Waals surface area (Å²) in [5.41, 5.74) is 1.18. The van der Waals surface area contributed by atoms with E-state index in [9.17, 15) is 0 Å². The van der Waals surface area contributed by atoms with Gasteiger partial charge in [-0.05, 0) is 41.8 Å². The fourth-order valence-electron chi connectivity index (χ4n) is 2.70. The molecule has 0 unspecified atom stereocenters. The maximum atomic E-state index is 6.01. The Bertz CT molecular complexity index is 583. The summed E-state index contributed by atoms with van der Waals surface area (Å²) in [5.74, 6) is 0. The van der Waals surface area contributed by atoms with E-state index in [1.807, 2.05) is 10.9 Å². The molecule has 3 heterocycles. The van der Waals surface area contributed by atoms with Crippen molar-refractivity contribution in [3.05, 3.63) is 38.8 Å². The molecule has 2 aromatic rings. The van der Waals surface area contributed by atoms with Gasteiger partial charge in [0.25, 0.3) is 0 Å². The summed E-state index contributed by atoms with van der Waals surface area (Å²) in [7, 11) is 0. The van der Waals surface area contributed by atoms with Gasteiger partial charge >= 0.3 is 0 Å². The fraction of sp³-hybridized carbons (Fsp3) is 0.533. The number of thiophene rings is 1. The first-order chi connectivity index (χ1) is 10.3. The second kappa shape index (κ2) is 7.05. The summed E-state index contributed by atoms with van der Waals surface area (Å²) < 4.78 is 9.12. The fourth-order valence-corrected chi connectivity index (χ4v) is 4.10. The topological polar surface area (TPSA) is 39.1 Å². The molecule has 2 atom stereocenters. The average Bonchev–Trinajstić information content (AvgIpc) is 3.14. The SMILES string of the molecule is CCn1cc([C@H]2OCCC[C@@H]2NCc2cc(Br)cs2)cn1. The van der Waals surface area contributed by atoms with Crippen LogP contribution in [0.15, 0.2) is 28.3 Å². The summed E-state index contributed by atoms with van der Waals surface area (Å²) in [4.78, 5) is 1.34. The Morgan fingerprint density at radius 2 is 2.48 bits per heavy atom. The van der Waals surface area contributed by atoms with Crippen LogP contribution in [-0.2, 0) is 17.8 Å². The van der Waals surface area contributed by atoms with E-state index >= 15 is 0 Å². The molecule has 4 nitrogen and oxygen atoms in total. The lowest BCUT2D eigenvalue weighted by molar-refractivity contribution is -0.0111. The monoisotopic (exact) mass is 369 g/mol. The molecule has 3 rings (SSSR count). The molecule has 0 aliphatic carbocycles. The van der Waals surface area contributed by atoms with Crippen LogP contribution >= 0.6 is 27.3 Å². The van der Waals surface area contributed by atoms with E-state index in [1.165, 1.54) is 10.4 Å². The number of hydrogen-bond donors (Lipinski definition) is 1. The maximum Gasteiger partial charge on any atom is 0.101 e. The number of rotatable bonds is 5. The van der Waals surface area contributed by atoms with Crippen LogP contribution in [0.4, 0.5) is 0 Å². The van der Waals surface area contributed by atoms with Gasteiger partial charge in [0.1, 0.15) is 6.10 Å². The van der Waals surface area contributed by atoms with Crippen molar-refractivity contribution in [1.29, 1.82) is 0 Å². The standard InChI is InChI=1S/C15H20BrN3OS/c1-2-19-9-11(7-18-19)15-14(4-3-5-20-15)17-8-13-6-12(16)10-21-13/h6-7,9-10,14-15,17H,2-5,8H2,1H3/t14-,15+/m0/s1. The van der Waals surface area contributed by atoms with E-state index in [0.717, 1.165) is 37.0 Å². The lowest BCUT2D eigenvalue weighted by Gasteiger charge is -2.31. The van der Waals surface area contributed by atoms with Crippen LogP contribution in [0.25, 0.3) is 0 Å². The summed E-state index contributed by atoms with van der Waals surface area (Å²) >= 11 is 5.28. The first-order valence-corrected chi connectivity index (χ1v) is 9.03. The van der Waals surface area contributed by atoms with Gasteiger partial charge < -0.3 is 10.1 Å². The number of nitrogens with one attached hydrogen (secondary N) is 1. The van der Waals surface area contributed by atoms with Crippen LogP contribution in [0.5, 0.6) is 0 Å². The Morgan fingerprint density at radius 3 is 3.19 bits per heavy atom. The van der Waals surface area contributed by atoms with Gasteiger partial charge in [-0.25, -0.2) is 0 Å². The summed E-state index contributed by atoms with van der Waals surface area (Å²) in [5, 5.41) is 10.1. The van der Waals surface area contributed by atoms with Crippen molar-refractivity contribution in [1.82, 2.24) is 15.1 Å². The third-order valence-electron chi connectivity index (χ3n) is 3.79. The van der Waals surface area contributed by atoms with Crippen LogP contribution in [0, 0.1) is 0 Å². The Morgan fingerprint density at radius 1 is 1.57 bits per heavy atom. The van der Waals surface area contributed by atoms with Gasteiger partial charge in [0.2, 0.25) is 0 Å². The summed E-state index contributed by atoms with van der Waals surface area (Å²) in [6.07, 6.45) is 6.42. The minimum absolute atomic E-state index is 0.113. The Kier molecular flexibility index (Phi) is 5.11. The number of aryl methyl sites for hydroxylation is 1. The molecule has 1 fully saturated rings. The quantitative estimate of drug-likeness (QED) is 0.872. The molecule has 114 valence electrons. The van der Waals surface area contributed by atoms with Crippen LogP contribution in [0.3, 0.4) is 0 Å². The highest BCUT2D eigenvalue weighted by Gasteiger charge is 2.28. The molecule has 1 N–H and O–H groups in total. The highest BCUT2D eigenvalue weighted by molar-refractivity contribution is 9.10. The van der Waals surface area contributed by atoms with Gasteiger partial charge in [-0.15, -0.1) is 11.3 Å². The van der Waals surface area contributed by atoms with E-state index in [1.54, 1.807) is 11.3 Å². The molecule has 0 aromatic carbocycles. The third-order valence-corrected chi connectivity index (χ3v) is 5.49. The van der Waals surface area contributed by atoms with Gasteiger partial charge in [0.15, 0.2) is 0 Å². The molecular weight excluding hydrogens is 350 g/mol. The van der Waals surface area contributed by atoms with Gasteiger partial charge in [0.05, 0.1) is 6.20 Å². The largest absolute Gasteiger partial charge is 0.372 e. The van der Waals surface area contributed by atoms with Gasteiger partial charge in [-0.2, -0.15) is 5.10 Å². The highest BCUT2D eigenvalue weighted by Crippen LogP contribution is 2.29. The lowest BCUT2D eigenvalue weighted by Crippen LogP contribution is -2.38. The summed E-state index contributed by atoms with van der Waals surface area (Å²) in [6.45, 7) is 4.73. The lowest BCUT2D eigenvalue weighted by atomic mass is 9.98. The van der Waals surface area contributed by atoms with E-state index in [2.05, 4.69) is 50.9 Å². The predicted molar refractivity (Wildman–Crippen MR) is 88.5 cm³/mol. The maximum absolute atomic E-state index is 6.01. The van der Waals surface area contributed by atoms with E-state index < -0.39 is 0 Å². The van der Waals surface area contributed by atoms with Crippen molar-refractivity contribution >= 4 is 27.3 Å². The second-order valence-electron chi connectivity index (χ2n) is 5.28. The highest BCUT2D eigenvalue weighted by atomic mass is 79.9. The molecule has 1 aliphatic rings. The molecule has 0 amide bonds. The first-order valence-electron chi connectivity index (χ1n) is 7.36. The van der Waals surface area contributed by atoms with Crippen LogP contribution in [0.1, 0.15) is 36.3 Å². The molecule has 0 bridgehead atoms.